The first-order valence-electron chi connectivity index (χ1n) is 2.97. The molecule has 0 spiro atoms. The highest BCUT2D eigenvalue weighted by Crippen LogP contribution is 2.11. The molecule has 3 N–H and O–H groups in total. The van der Waals surface area contributed by atoms with E-state index >= 15 is 0 Å². The number of hydroxylamine groups is 2. The third kappa shape index (κ3) is 1.18. The van der Waals surface area contributed by atoms with Gasteiger partial charge in [0.1, 0.15) is 0 Å². The van der Waals surface area contributed by atoms with Gasteiger partial charge in [0, 0.05) is 13.1 Å². The molecular formula is C5H12N2O. The van der Waals surface area contributed by atoms with Crippen molar-refractivity contribution in [1.82, 2.24) is 5.06 Å². The van der Waals surface area contributed by atoms with Crippen molar-refractivity contribution in [2.45, 2.75) is 6.42 Å². The highest BCUT2D eigenvalue weighted by molar-refractivity contribution is 4.69. The van der Waals surface area contributed by atoms with Crippen LogP contribution in [0.1, 0.15) is 6.42 Å². The lowest BCUT2D eigenvalue weighted by Gasteiger charge is -2.04. The quantitative estimate of drug-likeness (QED) is 0.492. The van der Waals surface area contributed by atoms with Gasteiger partial charge >= 0.3 is 0 Å². The summed E-state index contributed by atoms with van der Waals surface area (Å²) < 4.78 is 0. The van der Waals surface area contributed by atoms with E-state index in [1.165, 1.54) is 5.06 Å². The third-order valence-electron chi connectivity index (χ3n) is 1.60. The van der Waals surface area contributed by atoms with Crippen LogP contribution in [0.15, 0.2) is 0 Å². The first-order chi connectivity index (χ1) is 3.83. The van der Waals surface area contributed by atoms with Crippen molar-refractivity contribution >= 4 is 0 Å². The lowest BCUT2D eigenvalue weighted by molar-refractivity contribution is -0.0710. The van der Waals surface area contributed by atoms with Crippen LogP contribution < -0.4 is 5.73 Å². The van der Waals surface area contributed by atoms with Crippen molar-refractivity contribution < 1.29 is 5.21 Å². The van der Waals surface area contributed by atoms with Gasteiger partial charge in [-0.2, -0.15) is 5.06 Å². The van der Waals surface area contributed by atoms with E-state index in [9.17, 15) is 0 Å². The molecule has 0 aromatic rings. The monoisotopic (exact) mass is 116 g/mol. The Kier molecular flexibility index (Phi) is 1.83. The summed E-state index contributed by atoms with van der Waals surface area (Å²) >= 11 is 0. The zero-order valence-electron chi connectivity index (χ0n) is 4.88. The average Bonchev–Trinajstić information content (AvgIpc) is 2.14. The molecule has 0 aromatic heterocycles. The van der Waals surface area contributed by atoms with Crippen LogP contribution in [0.25, 0.3) is 0 Å². The second-order valence-electron chi connectivity index (χ2n) is 2.30. The summed E-state index contributed by atoms with van der Waals surface area (Å²) in [6.07, 6.45) is 1.05. The van der Waals surface area contributed by atoms with Gasteiger partial charge in [-0.25, -0.2) is 0 Å². The molecule has 1 heterocycles. The van der Waals surface area contributed by atoms with Gasteiger partial charge in [0.05, 0.1) is 0 Å². The lowest BCUT2D eigenvalue weighted by Crippen LogP contribution is -2.19. The smallest absolute Gasteiger partial charge is 0.0279 e. The molecule has 1 fully saturated rings. The topological polar surface area (TPSA) is 49.5 Å². The van der Waals surface area contributed by atoms with Crippen LogP contribution in [0.2, 0.25) is 0 Å². The first kappa shape index (κ1) is 6.01. The Hall–Kier alpha value is -0.120. The number of hydrogen-bond acceptors (Lipinski definition) is 3. The van der Waals surface area contributed by atoms with Gasteiger partial charge in [-0.3, -0.25) is 0 Å². The maximum absolute atomic E-state index is 8.81. The maximum atomic E-state index is 8.81. The molecule has 1 aliphatic rings. The molecule has 3 heteroatoms. The predicted octanol–water partition coefficient (Wildman–Crippen LogP) is -0.344. The summed E-state index contributed by atoms with van der Waals surface area (Å²) in [7, 11) is 0. The molecule has 48 valence electrons. The van der Waals surface area contributed by atoms with Crippen LogP contribution >= 0.6 is 0 Å². The van der Waals surface area contributed by atoms with E-state index in [0.29, 0.717) is 12.5 Å². The van der Waals surface area contributed by atoms with E-state index in [0.717, 1.165) is 19.5 Å². The minimum Gasteiger partial charge on any atom is -0.330 e. The predicted molar refractivity (Wildman–Crippen MR) is 30.5 cm³/mol. The number of rotatable bonds is 1. The van der Waals surface area contributed by atoms with E-state index in [2.05, 4.69) is 0 Å². The fraction of sp³-hybridized carbons (Fsp3) is 1.00. The Bertz CT molecular complexity index is 76.8. The van der Waals surface area contributed by atoms with Gasteiger partial charge in [0.15, 0.2) is 0 Å². The Balaban J connectivity index is 2.22. The minimum absolute atomic E-state index is 0.528. The van der Waals surface area contributed by atoms with Crippen LogP contribution in [0.4, 0.5) is 0 Å². The summed E-state index contributed by atoms with van der Waals surface area (Å²) in [5.74, 6) is 0.528. The molecule has 0 aliphatic carbocycles. The van der Waals surface area contributed by atoms with E-state index in [1.54, 1.807) is 0 Å². The lowest BCUT2D eigenvalue weighted by atomic mass is 10.1. The van der Waals surface area contributed by atoms with Crippen LogP contribution in [0, 0.1) is 5.92 Å². The van der Waals surface area contributed by atoms with Gasteiger partial charge in [-0.1, -0.05) is 0 Å². The molecule has 0 saturated carbocycles. The molecule has 8 heavy (non-hydrogen) atoms. The van der Waals surface area contributed by atoms with Crippen LogP contribution in [0.5, 0.6) is 0 Å². The van der Waals surface area contributed by atoms with Crippen molar-refractivity contribution in [1.29, 1.82) is 0 Å². The SMILES string of the molecule is NCC1CCN(O)C1. The minimum atomic E-state index is 0.528. The highest BCUT2D eigenvalue weighted by atomic mass is 16.5. The number of nitrogens with zero attached hydrogens (tertiary/aromatic N) is 1. The maximum Gasteiger partial charge on any atom is 0.0279 e. The number of hydrogen-bond donors (Lipinski definition) is 2. The molecule has 0 bridgehead atoms. The number of nitrogens with two attached hydrogens (primary N) is 1. The summed E-state index contributed by atoms with van der Waals surface area (Å²) in [6.45, 7) is 2.26. The first-order valence-corrected chi connectivity index (χ1v) is 2.97. The molecule has 0 radical (unpaired) electrons. The average molecular weight is 116 g/mol. The van der Waals surface area contributed by atoms with Crippen molar-refractivity contribution in [2.75, 3.05) is 19.6 Å². The normalized spacial score (nSPS) is 31.5. The van der Waals surface area contributed by atoms with Gasteiger partial charge in [-0.15, -0.1) is 0 Å². The molecule has 0 amide bonds. The van der Waals surface area contributed by atoms with Gasteiger partial charge < -0.3 is 10.9 Å². The zero-order chi connectivity index (χ0) is 5.98. The Morgan fingerprint density at radius 3 is 2.75 bits per heavy atom. The molecule has 1 saturated heterocycles. The van der Waals surface area contributed by atoms with E-state index in [4.69, 9.17) is 10.9 Å². The zero-order valence-corrected chi connectivity index (χ0v) is 4.88. The van der Waals surface area contributed by atoms with Crippen molar-refractivity contribution in [3.63, 3.8) is 0 Å². The second kappa shape index (κ2) is 2.44. The van der Waals surface area contributed by atoms with Crippen molar-refractivity contribution in [2.24, 2.45) is 11.7 Å². The standard InChI is InChI=1S/C5H12N2O/c6-3-5-1-2-7(8)4-5/h5,8H,1-4,6H2. The van der Waals surface area contributed by atoms with Gasteiger partial charge in [0.2, 0.25) is 0 Å². The van der Waals surface area contributed by atoms with Gasteiger partial charge in [-0.05, 0) is 18.9 Å². The molecule has 1 aliphatic heterocycles. The summed E-state index contributed by atoms with van der Waals surface area (Å²) in [5.41, 5.74) is 5.36. The van der Waals surface area contributed by atoms with Crippen molar-refractivity contribution in [3.05, 3.63) is 0 Å². The Morgan fingerprint density at radius 1 is 1.75 bits per heavy atom. The fourth-order valence-corrected chi connectivity index (χ4v) is 1.00. The summed E-state index contributed by atoms with van der Waals surface area (Å²) in [5, 5.41) is 10.1. The van der Waals surface area contributed by atoms with E-state index in [1.807, 2.05) is 0 Å². The summed E-state index contributed by atoms with van der Waals surface area (Å²) in [6, 6.07) is 0. The molecule has 3 nitrogen and oxygen atoms in total. The van der Waals surface area contributed by atoms with Crippen LogP contribution in [-0.4, -0.2) is 29.9 Å². The molecule has 1 rings (SSSR count). The van der Waals surface area contributed by atoms with E-state index in [-0.39, 0.29) is 0 Å². The fourth-order valence-electron chi connectivity index (χ4n) is 1.00. The third-order valence-corrected chi connectivity index (χ3v) is 1.60. The van der Waals surface area contributed by atoms with Gasteiger partial charge in [0.25, 0.3) is 0 Å². The van der Waals surface area contributed by atoms with Crippen molar-refractivity contribution in [3.8, 4) is 0 Å². The Labute approximate surface area is 49.0 Å². The summed E-state index contributed by atoms with van der Waals surface area (Å²) in [4.78, 5) is 0. The highest BCUT2D eigenvalue weighted by Gasteiger charge is 2.18. The molecule has 0 aromatic carbocycles. The van der Waals surface area contributed by atoms with E-state index < -0.39 is 0 Å². The van der Waals surface area contributed by atoms with Crippen LogP contribution in [-0.2, 0) is 0 Å². The van der Waals surface area contributed by atoms with Crippen LogP contribution in [0.3, 0.4) is 0 Å². The largest absolute Gasteiger partial charge is 0.330 e. The molecule has 1 unspecified atom stereocenters. The Morgan fingerprint density at radius 2 is 2.50 bits per heavy atom. The second-order valence-corrected chi connectivity index (χ2v) is 2.30. The molecule has 1 atom stereocenters. The molecular weight excluding hydrogens is 104 g/mol.